The highest BCUT2D eigenvalue weighted by Crippen LogP contribution is 2.30. The molecular weight excluding hydrogens is 388 g/mol. The molecule has 2 N–H and O–H groups in total. The average molecular weight is 415 g/mol. The minimum absolute atomic E-state index is 0. The van der Waals surface area contributed by atoms with E-state index in [9.17, 15) is 5.11 Å². The Labute approximate surface area is 177 Å². The maximum Gasteiger partial charge on any atom is 0.155 e. The van der Waals surface area contributed by atoms with Gasteiger partial charge in [0.2, 0.25) is 0 Å². The van der Waals surface area contributed by atoms with Crippen molar-refractivity contribution in [2.45, 2.75) is 26.0 Å². The van der Waals surface area contributed by atoms with Gasteiger partial charge in [-0.05, 0) is 12.0 Å². The number of aromatic amines is 1. The van der Waals surface area contributed by atoms with Crippen molar-refractivity contribution in [1.82, 2.24) is 25.1 Å². The van der Waals surface area contributed by atoms with Crippen LogP contribution in [-0.2, 0) is 6.61 Å². The van der Waals surface area contributed by atoms with E-state index in [0.29, 0.717) is 6.04 Å². The van der Waals surface area contributed by atoms with Crippen molar-refractivity contribution < 1.29 is 5.11 Å². The fourth-order valence-electron chi connectivity index (χ4n) is 3.93. The molecule has 0 amide bonds. The zero-order chi connectivity index (χ0) is 19.3. The zero-order valence-corrected chi connectivity index (χ0v) is 17.3. The largest absolute Gasteiger partial charge is 0.392 e. The number of piperazine rings is 1. The number of aliphatic hydroxyl groups is 1. The minimum atomic E-state index is 0. The smallest absolute Gasteiger partial charge is 0.155 e. The first-order chi connectivity index (χ1) is 13.8. The van der Waals surface area contributed by atoms with E-state index in [2.05, 4.69) is 36.9 Å². The SMILES string of the molecule is CCC(c1cn[nH]c1)N1CCN(c2nccnc2-c2ccc(CO)cc2)CC1.Cl. The van der Waals surface area contributed by atoms with E-state index >= 15 is 0 Å². The Bertz CT molecular complexity index is 878. The van der Waals surface area contributed by atoms with Crippen LogP contribution in [0.5, 0.6) is 0 Å². The predicted octanol–water partition coefficient (Wildman–Crippen LogP) is 3.05. The van der Waals surface area contributed by atoms with Crippen LogP contribution in [-0.4, -0.2) is 56.4 Å². The molecule has 1 unspecified atom stereocenters. The van der Waals surface area contributed by atoms with Gasteiger partial charge in [-0.25, -0.2) is 4.98 Å². The van der Waals surface area contributed by atoms with Gasteiger partial charge in [-0.15, -0.1) is 12.4 Å². The van der Waals surface area contributed by atoms with Gasteiger partial charge in [-0.1, -0.05) is 31.2 Å². The van der Waals surface area contributed by atoms with Crippen molar-refractivity contribution in [3.8, 4) is 11.3 Å². The van der Waals surface area contributed by atoms with Crippen molar-refractivity contribution >= 4 is 18.2 Å². The highest BCUT2D eigenvalue weighted by molar-refractivity contribution is 5.85. The first-order valence-corrected chi connectivity index (χ1v) is 9.79. The van der Waals surface area contributed by atoms with Gasteiger partial charge < -0.3 is 10.0 Å². The second-order valence-corrected chi connectivity index (χ2v) is 7.06. The number of nitrogens with one attached hydrogen (secondary N) is 1. The zero-order valence-electron chi connectivity index (χ0n) is 16.5. The van der Waals surface area contributed by atoms with Gasteiger partial charge in [-0.2, -0.15) is 5.10 Å². The lowest BCUT2D eigenvalue weighted by Crippen LogP contribution is -2.48. The summed E-state index contributed by atoms with van der Waals surface area (Å²) in [5, 5.41) is 16.3. The Hall–Kier alpha value is -2.48. The van der Waals surface area contributed by atoms with Gasteiger partial charge in [0.1, 0.15) is 5.69 Å². The predicted molar refractivity (Wildman–Crippen MR) is 116 cm³/mol. The summed E-state index contributed by atoms with van der Waals surface area (Å²) < 4.78 is 0. The van der Waals surface area contributed by atoms with Gasteiger partial charge in [0.05, 0.1) is 12.8 Å². The lowest BCUT2D eigenvalue weighted by molar-refractivity contribution is 0.181. The molecule has 8 heteroatoms. The number of halogens is 1. The molecular formula is C21H27ClN6O. The van der Waals surface area contributed by atoms with Crippen LogP contribution in [0.2, 0.25) is 0 Å². The molecule has 1 aliphatic heterocycles. The Morgan fingerprint density at radius 3 is 2.41 bits per heavy atom. The van der Waals surface area contributed by atoms with Crippen LogP contribution in [0.4, 0.5) is 5.82 Å². The fourth-order valence-corrected chi connectivity index (χ4v) is 3.93. The van der Waals surface area contributed by atoms with Gasteiger partial charge in [0.25, 0.3) is 0 Å². The molecule has 4 rings (SSSR count). The number of hydrogen-bond donors (Lipinski definition) is 2. The van der Waals surface area contributed by atoms with E-state index in [1.165, 1.54) is 5.56 Å². The van der Waals surface area contributed by atoms with Crippen molar-refractivity contribution in [3.05, 3.63) is 60.2 Å². The third-order valence-electron chi connectivity index (χ3n) is 5.43. The molecule has 0 spiro atoms. The molecule has 0 saturated carbocycles. The highest BCUT2D eigenvalue weighted by Gasteiger charge is 2.26. The molecule has 3 aromatic rings. The lowest BCUT2D eigenvalue weighted by Gasteiger charge is -2.39. The maximum atomic E-state index is 9.27. The number of benzene rings is 1. The van der Waals surface area contributed by atoms with E-state index < -0.39 is 0 Å². The number of anilines is 1. The van der Waals surface area contributed by atoms with Gasteiger partial charge in [0, 0.05) is 61.9 Å². The van der Waals surface area contributed by atoms with E-state index in [1.807, 2.05) is 36.7 Å². The number of aromatic nitrogens is 4. The molecule has 1 aromatic carbocycles. The molecule has 1 atom stereocenters. The Kier molecular flexibility index (Phi) is 7.19. The molecule has 1 aliphatic rings. The van der Waals surface area contributed by atoms with Crippen LogP contribution in [0.1, 0.15) is 30.5 Å². The topological polar surface area (TPSA) is 81.2 Å². The summed E-state index contributed by atoms with van der Waals surface area (Å²) in [6.07, 6.45) is 8.48. The summed E-state index contributed by atoms with van der Waals surface area (Å²) in [4.78, 5) is 14.1. The molecule has 0 aliphatic carbocycles. The van der Waals surface area contributed by atoms with E-state index in [-0.39, 0.29) is 19.0 Å². The second kappa shape index (κ2) is 9.82. The fraction of sp³-hybridized carbons (Fsp3) is 0.381. The van der Waals surface area contributed by atoms with Crippen LogP contribution >= 0.6 is 12.4 Å². The van der Waals surface area contributed by atoms with Crippen LogP contribution in [0, 0.1) is 0 Å². The van der Waals surface area contributed by atoms with Crippen LogP contribution in [0.3, 0.4) is 0 Å². The molecule has 1 saturated heterocycles. The molecule has 1 fully saturated rings. The standard InChI is InChI=1S/C21H26N6O.ClH/c1-2-19(18-13-24-25-14-18)26-9-11-27(12-10-26)21-20(22-7-8-23-21)17-5-3-16(15-28)4-6-17;/h3-8,13-14,19,28H,2,9-12,15H2,1H3,(H,24,25);1H. The molecule has 3 heterocycles. The van der Waals surface area contributed by atoms with Crippen molar-refractivity contribution in [1.29, 1.82) is 0 Å². The number of aliphatic hydroxyl groups excluding tert-OH is 1. The number of rotatable bonds is 6. The van der Waals surface area contributed by atoms with Gasteiger partial charge in [0.15, 0.2) is 5.82 Å². The summed E-state index contributed by atoms with van der Waals surface area (Å²) in [5.41, 5.74) is 4.06. The Morgan fingerprint density at radius 1 is 1.07 bits per heavy atom. The minimum Gasteiger partial charge on any atom is -0.392 e. The monoisotopic (exact) mass is 414 g/mol. The summed E-state index contributed by atoms with van der Waals surface area (Å²) in [6, 6.07) is 8.27. The van der Waals surface area contributed by atoms with Crippen molar-refractivity contribution in [2.24, 2.45) is 0 Å². The first kappa shape index (κ1) is 21.2. The third-order valence-corrected chi connectivity index (χ3v) is 5.43. The quantitative estimate of drug-likeness (QED) is 0.645. The maximum absolute atomic E-state index is 9.27. The number of H-pyrrole nitrogens is 1. The van der Waals surface area contributed by atoms with Crippen LogP contribution in [0.25, 0.3) is 11.3 Å². The molecule has 0 bridgehead atoms. The molecule has 7 nitrogen and oxygen atoms in total. The molecule has 2 aromatic heterocycles. The summed E-state index contributed by atoms with van der Waals surface area (Å²) >= 11 is 0. The normalized spacial score (nSPS) is 15.7. The van der Waals surface area contributed by atoms with Crippen molar-refractivity contribution in [2.75, 3.05) is 31.1 Å². The van der Waals surface area contributed by atoms with Crippen LogP contribution in [0.15, 0.2) is 49.1 Å². The summed E-state index contributed by atoms with van der Waals surface area (Å²) in [5.74, 6) is 0.926. The second-order valence-electron chi connectivity index (χ2n) is 7.06. The first-order valence-electron chi connectivity index (χ1n) is 9.79. The molecule has 29 heavy (non-hydrogen) atoms. The summed E-state index contributed by atoms with van der Waals surface area (Å²) in [7, 11) is 0. The Balaban J connectivity index is 0.00000240. The van der Waals surface area contributed by atoms with E-state index in [4.69, 9.17) is 0 Å². The number of nitrogens with zero attached hydrogens (tertiary/aromatic N) is 5. The Morgan fingerprint density at radius 2 is 1.79 bits per heavy atom. The number of hydrogen-bond acceptors (Lipinski definition) is 6. The highest BCUT2D eigenvalue weighted by atomic mass is 35.5. The van der Waals surface area contributed by atoms with E-state index in [1.54, 1.807) is 12.4 Å². The summed E-state index contributed by atoms with van der Waals surface area (Å²) in [6.45, 7) is 6.04. The lowest BCUT2D eigenvalue weighted by atomic mass is 10.1. The molecule has 0 radical (unpaired) electrons. The van der Waals surface area contributed by atoms with Gasteiger partial charge in [-0.3, -0.25) is 15.0 Å². The third kappa shape index (κ3) is 4.58. The van der Waals surface area contributed by atoms with Crippen molar-refractivity contribution in [3.63, 3.8) is 0 Å². The van der Waals surface area contributed by atoms with Gasteiger partial charge >= 0.3 is 0 Å². The average Bonchev–Trinajstić information content (AvgIpc) is 3.29. The van der Waals surface area contributed by atoms with Crippen LogP contribution < -0.4 is 4.90 Å². The van der Waals surface area contributed by atoms with E-state index in [0.717, 1.165) is 55.2 Å². The molecule has 154 valence electrons.